The summed E-state index contributed by atoms with van der Waals surface area (Å²) in [5.74, 6) is -0.489. The molecule has 0 saturated heterocycles. The zero-order valence-corrected chi connectivity index (χ0v) is 16.0. The van der Waals surface area contributed by atoms with E-state index in [-0.39, 0.29) is 24.7 Å². The number of aryl methyl sites for hydroxylation is 2. The summed E-state index contributed by atoms with van der Waals surface area (Å²) in [7, 11) is 0. The van der Waals surface area contributed by atoms with Crippen molar-refractivity contribution in [1.82, 2.24) is 5.43 Å². The van der Waals surface area contributed by atoms with Gasteiger partial charge in [0, 0.05) is 23.4 Å². The number of nitrogens with zero attached hydrogens (tertiary/aromatic N) is 1. The highest BCUT2D eigenvalue weighted by Gasteiger charge is 2.07. The van der Waals surface area contributed by atoms with E-state index in [0.717, 1.165) is 16.8 Å². The molecule has 0 unspecified atom stereocenters. The van der Waals surface area contributed by atoms with Crippen LogP contribution in [0.25, 0.3) is 0 Å². The van der Waals surface area contributed by atoms with Crippen molar-refractivity contribution in [2.75, 3.05) is 11.6 Å². The van der Waals surface area contributed by atoms with Crippen molar-refractivity contribution in [1.29, 1.82) is 0 Å². The predicted octanol–water partition coefficient (Wildman–Crippen LogP) is 3.89. The lowest BCUT2D eigenvalue weighted by Gasteiger charge is -2.07. The normalized spacial score (nSPS) is 10.7. The highest BCUT2D eigenvalue weighted by atomic mass is 32.2. The first kappa shape index (κ1) is 19.7. The van der Waals surface area contributed by atoms with Crippen LogP contribution in [0, 0.1) is 13.8 Å². The van der Waals surface area contributed by atoms with Gasteiger partial charge in [0.1, 0.15) is 0 Å². The second kappa shape index (κ2) is 9.77. The molecule has 0 radical (unpaired) electrons. The van der Waals surface area contributed by atoms with Crippen molar-refractivity contribution >= 4 is 35.5 Å². The molecule has 0 aromatic heterocycles. The zero-order valence-electron chi connectivity index (χ0n) is 15.2. The lowest BCUT2D eigenvalue weighted by Crippen LogP contribution is -2.20. The van der Waals surface area contributed by atoms with Crippen molar-refractivity contribution < 1.29 is 9.59 Å². The van der Waals surface area contributed by atoms with Crippen LogP contribution >= 0.6 is 11.8 Å². The lowest BCUT2D eigenvalue weighted by atomic mass is 10.1. The van der Waals surface area contributed by atoms with E-state index in [1.807, 2.05) is 62.6 Å². The molecule has 6 heteroatoms. The molecule has 0 aliphatic heterocycles. The van der Waals surface area contributed by atoms with Crippen molar-refractivity contribution in [3.05, 3.63) is 59.2 Å². The van der Waals surface area contributed by atoms with E-state index < -0.39 is 0 Å². The van der Waals surface area contributed by atoms with E-state index in [1.54, 1.807) is 18.0 Å². The summed E-state index contributed by atoms with van der Waals surface area (Å²) in [5.41, 5.74) is 6.36. The number of hydrogen-bond donors (Lipinski definition) is 2. The second-order valence-corrected chi connectivity index (χ2v) is 6.79. The van der Waals surface area contributed by atoms with Gasteiger partial charge in [-0.15, -0.1) is 11.8 Å². The molecule has 0 fully saturated rings. The van der Waals surface area contributed by atoms with Crippen LogP contribution in [-0.4, -0.2) is 24.3 Å². The fraction of sp³-hybridized carbons (Fsp3) is 0.250. The first-order valence-corrected chi connectivity index (χ1v) is 9.53. The van der Waals surface area contributed by atoms with Gasteiger partial charge in [0.15, 0.2) is 0 Å². The molecule has 0 spiro atoms. The van der Waals surface area contributed by atoms with E-state index in [4.69, 9.17) is 0 Å². The summed E-state index contributed by atoms with van der Waals surface area (Å²) in [4.78, 5) is 24.9. The third-order valence-electron chi connectivity index (χ3n) is 3.89. The minimum absolute atomic E-state index is 0.0828. The highest BCUT2D eigenvalue weighted by molar-refractivity contribution is 7.98. The van der Waals surface area contributed by atoms with Crippen LogP contribution < -0.4 is 10.7 Å². The number of benzene rings is 2. The molecule has 2 amide bonds. The summed E-state index contributed by atoms with van der Waals surface area (Å²) in [6.45, 7) is 4.01. The third-order valence-corrected chi connectivity index (χ3v) is 4.63. The third kappa shape index (κ3) is 6.37. The van der Waals surface area contributed by atoms with Crippen LogP contribution in [0.4, 0.5) is 5.69 Å². The van der Waals surface area contributed by atoms with Gasteiger partial charge in [0.25, 0.3) is 0 Å². The smallest absolute Gasteiger partial charge is 0.240 e. The maximum absolute atomic E-state index is 11.9. The standard InChI is InChI=1S/C20H23N3O2S/c1-14-4-7-17(12-15(14)2)22-19(24)10-11-20(25)23-21-13-16-5-8-18(26-3)9-6-16/h4-9,12-13H,10-11H2,1-3H3,(H,22,24)(H,23,25). The molecule has 0 saturated carbocycles. The molecule has 26 heavy (non-hydrogen) atoms. The Morgan fingerprint density at radius 2 is 1.69 bits per heavy atom. The molecule has 0 atom stereocenters. The van der Waals surface area contributed by atoms with Gasteiger partial charge in [0.05, 0.1) is 6.21 Å². The number of nitrogens with one attached hydrogen (secondary N) is 2. The molecular weight excluding hydrogens is 346 g/mol. The first-order valence-electron chi connectivity index (χ1n) is 8.31. The topological polar surface area (TPSA) is 70.6 Å². The van der Waals surface area contributed by atoms with E-state index in [0.29, 0.717) is 0 Å². The lowest BCUT2D eigenvalue weighted by molar-refractivity contribution is -0.124. The molecule has 2 aromatic carbocycles. The molecule has 136 valence electrons. The van der Waals surface area contributed by atoms with Crippen LogP contribution in [0.3, 0.4) is 0 Å². The molecule has 2 aromatic rings. The Morgan fingerprint density at radius 1 is 1.00 bits per heavy atom. The summed E-state index contributed by atoms with van der Waals surface area (Å²) >= 11 is 1.67. The molecule has 2 N–H and O–H groups in total. The highest BCUT2D eigenvalue weighted by Crippen LogP contribution is 2.15. The van der Waals surface area contributed by atoms with Gasteiger partial charge >= 0.3 is 0 Å². The van der Waals surface area contributed by atoms with Gasteiger partial charge in [-0.1, -0.05) is 18.2 Å². The number of carbonyl (C=O) groups is 2. The monoisotopic (exact) mass is 369 g/mol. The van der Waals surface area contributed by atoms with Gasteiger partial charge in [-0.05, 0) is 61.1 Å². The number of amides is 2. The van der Waals surface area contributed by atoms with Crippen molar-refractivity contribution in [2.24, 2.45) is 5.10 Å². The van der Waals surface area contributed by atoms with Crippen molar-refractivity contribution in [3.63, 3.8) is 0 Å². The van der Waals surface area contributed by atoms with Crippen LogP contribution in [-0.2, 0) is 9.59 Å². The molecule has 0 heterocycles. The fourth-order valence-electron chi connectivity index (χ4n) is 2.19. The number of hydrogen-bond acceptors (Lipinski definition) is 4. The maximum atomic E-state index is 11.9. The Hall–Kier alpha value is -2.60. The molecule has 2 rings (SSSR count). The molecular formula is C20H23N3O2S. The largest absolute Gasteiger partial charge is 0.326 e. The van der Waals surface area contributed by atoms with E-state index in [9.17, 15) is 9.59 Å². The van der Waals surface area contributed by atoms with Crippen LogP contribution in [0.2, 0.25) is 0 Å². The Bertz CT molecular complexity index is 801. The predicted molar refractivity (Wildman–Crippen MR) is 108 cm³/mol. The second-order valence-electron chi connectivity index (χ2n) is 5.91. The number of hydrazone groups is 1. The van der Waals surface area contributed by atoms with Gasteiger partial charge in [-0.3, -0.25) is 9.59 Å². The average molecular weight is 369 g/mol. The van der Waals surface area contributed by atoms with Crippen LogP contribution in [0.1, 0.15) is 29.5 Å². The van der Waals surface area contributed by atoms with E-state index in [1.165, 1.54) is 10.5 Å². The number of rotatable bonds is 7. The molecule has 5 nitrogen and oxygen atoms in total. The van der Waals surface area contributed by atoms with Crippen LogP contribution in [0.5, 0.6) is 0 Å². The first-order chi connectivity index (χ1) is 12.5. The SMILES string of the molecule is CSc1ccc(C=NNC(=O)CCC(=O)Nc2ccc(C)c(C)c2)cc1. The summed E-state index contributed by atoms with van der Waals surface area (Å²) in [6, 6.07) is 13.6. The number of thioether (sulfide) groups is 1. The Morgan fingerprint density at radius 3 is 2.35 bits per heavy atom. The Kier molecular flexibility index (Phi) is 7.41. The maximum Gasteiger partial charge on any atom is 0.240 e. The van der Waals surface area contributed by atoms with Gasteiger partial charge in [0.2, 0.25) is 11.8 Å². The number of carbonyl (C=O) groups excluding carboxylic acids is 2. The minimum Gasteiger partial charge on any atom is -0.326 e. The summed E-state index contributed by atoms with van der Waals surface area (Å²) in [5, 5.41) is 6.72. The van der Waals surface area contributed by atoms with Gasteiger partial charge in [-0.25, -0.2) is 5.43 Å². The van der Waals surface area contributed by atoms with Crippen LogP contribution in [0.15, 0.2) is 52.5 Å². The van der Waals surface area contributed by atoms with E-state index in [2.05, 4.69) is 15.8 Å². The molecule has 0 bridgehead atoms. The Labute approximate surface area is 158 Å². The summed E-state index contributed by atoms with van der Waals surface area (Å²) < 4.78 is 0. The van der Waals surface area contributed by atoms with Gasteiger partial charge in [-0.2, -0.15) is 5.10 Å². The minimum atomic E-state index is -0.294. The molecule has 0 aliphatic rings. The summed E-state index contributed by atoms with van der Waals surface area (Å²) in [6.07, 6.45) is 3.78. The fourth-order valence-corrected chi connectivity index (χ4v) is 2.60. The van der Waals surface area contributed by atoms with Gasteiger partial charge < -0.3 is 5.32 Å². The number of anilines is 1. The van der Waals surface area contributed by atoms with Crippen molar-refractivity contribution in [2.45, 2.75) is 31.6 Å². The average Bonchev–Trinajstić information content (AvgIpc) is 2.63. The van der Waals surface area contributed by atoms with Crippen molar-refractivity contribution in [3.8, 4) is 0 Å². The zero-order chi connectivity index (χ0) is 18.9. The quantitative estimate of drug-likeness (QED) is 0.442. The molecule has 0 aliphatic carbocycles. The van der Waals surface area contributed by atoms with E-state index >= 15 is 0 Å². The Balaban J connectivity index is 1.74.